The summed E-state index contributed by atoms with van der Waals surface area (Å²) >= 11 is 0. The molecule has 0 N–H and O–H groups in total. The molecule has 96 valence electrons. The summed E-state index contributed by atoms with van der Waals surface area (Å²) in [7, 11) is 0. The lowest BCUT2D eigenvalue weighted by atomic mass is 10.1. The molecule has 0 spiro atoms. The summed E-state index contributed by atoms with van der Waals surface area (Å²) in [6.45, 7) is 9.40. The van der Waals surface area contributed by atoms with Crippen LogP contribution in [0.2, 0.25) is 0 Å². The fourth-order valence-corrected chi connectivity index (χ4v) is 2.35. The summed E-state index contributed by atoms with van der Waals surface area (Å²) in [4.78, 5) is 6.96. The van der Waals surface area contributed by atoms with Crippen LogP contribution < -0.4 is 4.90 Å². The lowest BCUT2D eigenvalue weighted by Crippen LogP contribution is -2.31. The van der Waals surface area contributed by atoms with Gasteiger partial charge in [0.15, 0.2) is 0 Å². The molecule has 3 heteroatoms. The van der Waals surface area contributed by atoms with Crippen LogP contribution in [0.25, 0.3) is 0 Å². The predicted molar refractivity (Wildman–Crippen MR) is 73.6 cm³/mol. The van der Waals surface area contributed by atoms with E-state index in [0.29, 0.717) is 12.0 Å². The van der Waals surface area contributed by atoms with Gasteiger partial charge in [-0.3, -0.25) is 0 Å². The molecule has 1 saturated carbocycles. The highest BCUT2D eigenvalue weighted by atomic mass is 15.2. The Morgan fingerprint density at radius 2 is 2.11 bits per heavy atom. The second kappa shape index (κ2) is 4.97. The minimum Gasteiger partial charge on any atom is -0.352 e. The molecule has 18 heavy (non-hydrogen) atoms. The quantitative estimate of drug-likeness (QED) is 0.815. The van der Waals surface area contributed by atoms with Gasteiger partial charge in [0.2, 0.25) is 0 Å². The van der Waals surface area contributed by atoms with Gasteiger partial charge in [-0.15, -0.1) is 0 Å². The molecule has 0 atom stereocenters. The van der Waals surface area contributed by atoms with E-state index >= 15 is 0 Å². The number of aryl methyl sites for hydroxylation is 2. The second-order valence-electron chi connectivity index (χ2n) is 5.67. The number of anilines is 1. The molecule has 1 fully saturated rings. The van der Waals surface area contributed by atoms with E-state index in [0.717, 1.165) is 29.2 Å². The van der Waals surface area contributed by atoms with E-state index < -0.39 is 0 Å². The maximum atomic E-state index is 9.36. The van der Waals surface area contributed by atoms with Gasteiger partial charge in [0.1, 0.15) is 11.9 Å². The summed E-state index contributed by atoms with van der Waals surface area (Å²) < 4.78 is 0. The summed E-state index contributed by atoms with van der Waals surface area (Å²) in [6, 6.07) is 4.90. The third-order valence-electron chi connectivity index (χ3n) is 3.26. The van der Waals surface area contributed by atoms with Crippen molar-refractivity contribution in [3.8, 4) is 6.07 Å². The Balaban J connectivity index is 2.43. The molecule has 2 rings (SSSR count). The molecule has 0 aromatic carbocycles. The first-order valence-corrected chi connectivity index (χ1v) is 6.68. The van der Waals surface area contributed by atoms with Crippen molar-refractivity contribution in [3.05, 3.63) is 22.9 Å². The smallest absolute Gasteiger partial charge is 0.147 e. The summed E-state index contributed by atoms with van der Waals surface area (Å²) in [5.74, 6) is 1.48. The van der Waals surface area contributed by atoms with E-state index in [1.807, 2.05) is 19.9 Å². The van der Waals surface area contributed by atoms with E-state index in [2.05, 4.69) is 29.8 Å². The van der Waals surface area contributed by atoms with Crippen molar-refractivity contribution >= 4 is 5.82 Å². The van der Waals surface area contributed by atoms with Gasteiger partial charge >= 0.3 is 0 Å². The van der Waals surface area contributed by atoms with Gasteiger partial charge in [-0.25, -0.2) is 4.98 Å². The van der Waals surface area contributed by atoms with Crippen LogP contribution in [0.3, 0.4) is 0 Å². The van der Waals surface area contributed by atoms with E-state index in [1.165, 1.54) is 12.8 Å². The van der Waals surface area contributed by atoms with Crippen molar-refractivity contribution < 1.29 is 0 Å². The van der Waals surface area contributed by atoms with E-state index in [1.54, 1.807) is 0 Å². The largest absolute Gasteiger partial charge is 0.352 e. The number of hydrogen-bond donors (Lipinski definition) is 0. The fraction of sp³-hybridized carbons (Fsp3) is 0.600. The molecule has 0 bridgehead atoms. The number of hydrogen-bond acceptors (Lipinski definition) is 3. The van der Waals surface area contributed by atoms with Crippen LogP contribution in [0.4, 0.5) is 5.82 Å². The highest BCUT2D eigenvalue weighted by Gasteiger charge is 2.32. The molecule has 0 unspecified atom stereocenters. The van der Waals surface area contributed by atoms with Gasteiger partial charge in [0.25, 0.3) is 0 Å². The molecular weight excluding hydrogens is 222 g/mol. The molecule has 1 aromatic rings. The first-order valence-electron chi connectivity index (χ1n) is 6.68. The standard InChI is InChI=1S/C15H21N3/c1-10(2)9-18(13-5-6-13)15-14(8-16)11(3)7-12(4)17-15/h7,10,13H,5-6,9H2,1-4H3. The van der Waals surface area contributed by atoms with Crippen LogP contribution in [-0.4, -0.2) is 17.6 Å². The molecule has 1 aliphatic rings. The van der Waals surface area contributed by atoms with Crippen LogP contribution in [0.15, 0.2) is 6.07 Å². The molecular formula is C15H21N3. The lowest BCUT2D eigenvalue weighted by Gasteiger charge is -2.27. The van der Waals surface area contributed by atoms with Gasteiger partial charge < -0.3 is 4.90 Å². The first kappa shape index (κ1) is 12.9. The number of nitriles is 1. The zero-order valence-corrected chi connectivity index (χ0v) is 11.7. The maximum absolute atomic E-state index is 9.36. The minimum atomic E-state index is 0.583. The minimum absolute atomic E-state index is 0.583. The van der Waals surface area contributed by atoms with Gasteiger partial charge in [-0.1, -0.05) is 13.8 Å². The Hall–Kier alpha value is -1.56. The average Bonchev–Trinajstić information content (AvgIpc) is 3.08. The third-order valence-corrected chi connectivity index (χ3v) is 3.26. The molecule has 0 amide bonds. The highest BCUT2D eigenvalue weighted by molar-refractivity contribution is 5.59. The average molecular weight is 243 g/mol. The van der Waals surface area contributed by atoms with Crippen LogP contribution in [0, 0.1) is 31.1 Å². The SMILES string of the molecule is Cc1cc(C)c(C#N)c(N(CC(C)C)C2CC2)n1. The van der Waals surface area contributed by atoms with Crippen molar-refractivity contribution in [1.29, 1.82) is 5.26 Å². The number of nitrogens with zero attached hydrogens (tertiary/aromatic N) is 3. The maximum Gasteiger partial charge on any atom is 0.147 e. The Morgan fingerprint density at radius 1 is 1.44 bits per heavy atom. The van der Waals surface area contributed by atoms with Crippen LogP contribution in [0.1, 0.15) is 43.5 Å². The van der Waals surface area contributed by atoms with Gasteiger partial charge in [-0.2, -0.15) is 5.26 Å². The van der Waals surface area contributed by atoms with Crippen LogP contribution in [0.5, 0.6) is 0 Å². The zero-order valence-electron chi connectivity index (χ0n) is 11.7. The van der Waals surface area contributed by atoms with Crippen LogP contribution >= 0.6 is 0 Å². The fourth-order valence-electron chi connectivity index (χ4n) is 2.35. The molecule has 1 aliphatic carbocycles. The lowest BCUT2D eigenvalue weighted by molar-refractivity contribution is 0.601. The molecule has 3 nitrogen and oxygen atoms in total. The molecule has 0 saturated heterocycles. The normalized spacial score (nSPS) is 14.7. The first-order chi connectivity index (χ1) is 8.52. The van der Waals surface area contributed by atoms with Crippen LogP contribution in [-0.2, 0) is 0 Å². The topological polar surface area (TPSA) is 39.9 Å². The molecule has 0 aliphatic heterocycles. The van der Waals surface area contributed by atoms with E-state index in [4.69, 9.17) is 0 Å². The van der Waals surface area contributed by atoms with Crippen molar-refractivity contribution in [2.75, 3.05) is 11.4 Å². The van der Waals surface area contributed by atoms with Gasteiger partial charge in [0.05, 0.1) is 5.56 Å². The van der Waals surface area contributed by atoms with E-state index in [9.17, 15) is 5.26 Å². The summed E-state index contributed by atoms with van der Waals surface area (Å²) in [6.07, 6.45) is 2.46. The van der Waals surface area contributed by atoms with Gasteiger partial charge in [0, 0.05) is 18.3 Å². The number of aromatic nitrogens is 1. The zero-order chi connectivity index (χ0) is 13.3. The molecule has 1 aromatic heterocycles. The second-order valence-corrected chi connectivity index (χ2v) is 5.67. The third kappa shape index (κ3) is 2.64. The Bertz CT molecular complexity index is 481. The summed E-state index contributed by atoms with van der Waals surface area (Å²) in [5, 5.41) is 9.36. The van der Waals surface area contributed by atoms with Crippen molar-refractivity contribution in [1.82, 2.24) is 4.98 Å². The Kier molecular flexibility index (Phi) is 3.56. The number of pyridine rings is 1. The van der Waals surface area contributed by atoms with Crippen molar-refractivity contribution in [2.24, 2.45) is 5.92 Å². The highest BCUT2D eigenvalue weighted by Crippen LogP contribution is 2.34. The predicted octanol–water partition coefficient (Wildman–Crippen LogP) is 3.19. The summed E-state index contributed by atoms with van der Waals surface area (Å²) in [5.41, 5.74) is 2.78. The van der Waals surface area contributed by atoms with Gasteiger partial charge in [-0.05, 0) is 44.2 Å². The van der Waals surface area contributed by atoms with Crippen molar-refractivity contribution in [3.63, 3.8) is 0 Å². The Labute approximate surface area is 109 Å². The molecule has 1 heterocycles. The van der Waals surface area contributed by atoms with E-state index in [-0.39, 0.29) is 0 Å². The van der Waals surface area contributed by atoms with Crippen molar-refractivity contribution in [2.45, 2.75) is 46.6 Å². The molecule has 0 radical (unpaired) electrons. The Morgan fingerprint density at radius 3 is 2.61 bits per heavy atom. The monoisotopic (exact) mass is 243 g/mol. The number of rotatable bonds is 4.